The van der Waals surface area contributed by atoms with Crippen LogP contribution in [0, 0.1) is 6.92 Å². The van der Waals surface area contributed by atoms with Crippen LogP contribution in [0.1, 0.15) is 26.2 Å². The fraction of sp³-hybridized carbons (Fsp3) is 0.278. The molecule has 0 fully saturated rings. The van der Waals surface area contributed by atoms with Crippen LogP contribution >= 0.6 is 34.3 Å². The van der Waals surface area contributed by atoms with Crippen LogP contribution in [0.15, 0.2) is 35.7 Å². The molecule has 1 amide bonds. The monoisotopic (exact) mass is 378 g/mol. The molecule has 0 saturated carbocycles. The molecule has 0 unspecified atom stereocenters. The smallest absolute Gasteiger partial charge is 0.262 e. The number of fused-ring (bicyclic) bond motifs is 1. The number of likely N-dealkylation sites (N-methyl/N-ethyl adjacent to an activating group) is 1. The maximum Gasteiger partial charge on any atom is 0.262 e. The second kappa shape index (κ2) is 7.23. The molecule has 0 spiro atoms. The summed E-state index contributed by atoms with van der Waals surface area (Å²) < 4.78 is 1.05. The largest absolute Gasteiger partial charge is 0.349 e. The zero-order valence-electron chi connectivity index (χ0n) is 13.8. The maximum absolute atomic E-state index is 12.6. The summed E-state index contributed by atoms with van der Waals surface area (Å²) in [5.74, 6) is -0.109. The van der Waals surface area contributed by atoms with Crippen LogP contribution in [-0.2, 0) is 0 Å². The molecule has 3 rings (SSSR count). The van der Waals surface area contributed by atoms with Gasteiger partial charge in [0.15, 0.2) is 0 Å². The van der Waals surface area contributed by atoms with Gasteiger partial charge < -0.3 is 10.2 Å². The molecule has 126 valence electrons. The maximum atomic E-state index is 12.6. The second-order valence-electron chi connectivity index (χ2n) is 5.95. The van der Waals surface area contributed by atoms with Gasteiger partial charge in [-0.15, -0.1) is 22.7 Å². The van der Waals surface area contributed by atoms with Crippen LogP contribution in [0.25, 0.3) is 10.1 Å². The van der Waals surface area contributed by atoms with Gasteiger partial charge in [-0.3, -0.25) is 4.79 Å². The highest BCUT2D eigenvalue weighted by molar-refractivity contribution is 7.21. The number of benzene rings is 1. The van der Waals surface area contributed by atoms with Gasteiger partial charge in [0.05, 0.1) is 11.1 Å². The average molecular weight is 379 g/mol. The Morgan fingerprint density at radius 1 is 1.33 bits per heavy atom. The lowest BCUT2D eigenvalue weighted by Crippen LogP contribution is -2.33. The van der Waals surface area contributed by atoms with Gasteiger partial charge in [0.1, 0.15) is 4.88 Å². The van der Waals surface area contributed by atoms with E-state index in [9.17, 15) is 4.79 Å². The molecule has 0 saturated heterocycles. The van der Waals surface area contributed by atoms with Crippen LogP contribution in [-0.4, -0.2) is 31.4 Å². The topological polar surface area (TPSA) is 32.3 Å². The lowest BCUT2D eigenvalue weighted by molar-refractivity contribution is 0.0946. The van der Waals surface area contributed by atoms with Crippen molar-refractivity contribution in [3.8, 4) is 0 Å². The molecule has 1 N–H and O–H groups in total. The SMILES string of the molecule is Cc1ccc2c(Cl)c(C(=O)NC[C@@H](c3cccs3)N(C)C)sc2c1. The van der Waals surface area contributed by atoms with E-state index in [4.69, 9.17) is 11.6 Å². The number of halogens is 1. The summed E-state index contributed by atoms with van der Waals surface area (Å²) >= 11 is 9.57. The van der Waals surface area contributed by atoms with Crippen molar-refractivity contribution in [1.82, 2.24) is 10.2 Å². The van der Waals surface area contributed by atoms with Crippen LogP contribution in [0.2, 0.25) is 5.02 Å². The van der Waals surface area contributed by atoms with Crippen LogP contribution in [0.4, 0.5) is 0 Å². The fourth-order valence-electron chi connectivity index (χ4n) is 2.61. The van der Waals surface area contributed by atoms with Gasteiger partial charge in [-0.05, 0) is 44.1 Å². The third kappa shape index (κ3) is 3.49. The number of hydrogen-bond acceptors (Lipinski definition) is 4. The summed E-state index contributed by atoms with van der Waals surface area (Å²) in [4.78, 5) is 16.5. The van der Waals surface area contributed by atoms with Gasteiger partial charge in [0.2, 0.25) is 0 Å². The van der Waals surface area contributed by atoms with Crippen molar-refractivity contribution < 1.29 is 4.79 Å². The van der Waals surface area contributed by atoms with Crippen LogP contribution in [0.5, 0.6) is 0 Å². The third-order valence-corrected chi connectivity index (χ3v) is 6.57. The van der Waals surface area contributed by atoms with E-state index in [0.29, 0.717) is 16.4 Å². The predicted molar refractivity (Wildman–Crippen MR) is 105 cm³/mol. The van der Waals surface area contributed by atoms with Gasteiger partial charge in [0, 0.05) is 21.5 Å². The first-order chi connectivity index (χ1) is 11.5. The van der Waals surface area contributed by atoms with E-state index in [-0.39, 0.29) is 11.9 Å². The van der Waals surface area contributed by atoms with Crippen molar-refractivity contribution in [2.75, 3.05) is 20.6 Å². The first kappa shape index (κ1) is 17.4. The number of hydrogen-bond donors (Lipinski definition) is 1. The van der Waals surface area contributed by atoms with Gasteiger partial charge in [-0.1, -0.05) is 29.8 Å². The summed E-state index contributed by atoms with van der Waals surface area (Å²) in [5, 5.41) is 6.58. The minimum Gasteiger partial charge on any atom is -0.349 e. The Balaban J connectivity index is 1.78. The van der Waals surface area contributed by atoms with E-state index in [1.54, 1.807) is 11.3 Å². The average Bonchev–Trinajstić information content (AvgIpc) is 3.15. The standard InChI is InChI=1S/C18H19ClN2OS2/c1-11-6-7-12-15(9-11)24-17(16(12)19)18(22)20-10-13(21(2)3)14-5-4-8-23-14/h4-9,13H,10H2,1-3H3,(H,20,22)/t13-/m0/s1. The first-order valence-corrected chi connectivity index (χ1v) is 9.71. The summed E-state index contributed by atoms with van der Waals surface area (Å²) in [7, 11) is 4.04. The van der Waals surface area contributed by atoms with Crippen molar-refractivity contribution in [2.45, 2.75) is 13.0 Å². The summed E-state index contributed by atoms with van der Waals surface area (Å²) in [5.41, 5.74) is 1.16. The Morgan fingerprint density at radius 2 is 2.12 bits per heavy atom. The van der Waals surface area contributed by atoms with Gasteiger partial charge in [-0.25, -0.2) is 0 Å². The zero-order valence-corrected chi connectivity index (χ0v) is 16.2. The summed E-state index contributed by atoms with van der Waals surface area (Å²) in [6.07, 6.45) is 0. The number of carbonyl (C=O) groups excluding carboxylic acids is 1. The molecule has 0 aliphatic heterocycles. The van der Waals surface area contributed by atoms with Gasteiger partial charge in [-0.2, -0.15) is 0 Å². The Labute approximate surface area is 154 Å². The summed E-state index contributed by atoms with van der Waals surface area (Å²) in [6.45, 7) is 2.59. The molecule has 0 bridgehead atoms. The fourth-order valence-corrected chi connectivity index (χ4v) is 5.06. The molecule has 3 nitrogen and oxygen atoms in total. The minimum absolute atomic E-state index is 0.109. The molecule has 2 heterocycles. The quantitative estimate of drug-likeness (QED) is 0.680. The summed E-state index contributed by atoms with van der Waals surface area (Å²) in [6, 6.07) is 10.3. The predicted octanol–water partition coefficient (Wildman–Crippen LogP) is 4.96. The van der Waals surface area contributed by atoms with Crippen molar-refractivity contribution in [3.05, 3.63) is 56.1 Å². The van der Waals surface area contributed by atoms with E-state index >= 15 is 0 Å². The minimum atomic E-state index is -0.109. The number of aryl methyl sites for hydroxylation is 1. The molecular weight excluding hydrogens is 360 g/mol. The number of thiophene rings is 2. The molecule has 1 aromatic carbocycles. The van der Waals surface area contributed by atoms with Crippen molar-refractivity contribution in [1.29, 1.82) is 0 Å². The molecule has 0 radical (unpaired) electrons. The number of amides is 1. The Morgan fingerprint density at radius 3 is 2.79 bits per heavy atom. The van der Waals surface area contributed by atoms with E-state index in [1.165, 1.54) is 16.2 Å². The zero-order chi connectivity index (χ0) is 17.3. The van der Waals surface area contributed by atoms with E-state index in [0.717, 1.165) is 15.6 Å². The molecule has 3 aromatic rings. The molecule has 2 aromatic heterocycles. The molecule has 6 heteroatoms. The second-order valence-corrected chi connectivity index (χ2v) is 8.36. The van der Waals surface area contributed by atoms with Crippen molar-refractivity contribution >= 4 is 50.3 Å². The molecule has 1 atom stereocenters. The number of carbonyl (C=O) groups is 1. The highest BCUT2D eigenvalue weighted by Gasteiger charge is 2.20. The lowest BCUT2D eigenvalue weighted by atomic mass is 10.2. The van der Waals surface area contributed by atoms with Crippen LogP contribution < -0.4 is 5.32 Å². The first-order valence-electron chi connectivity index (χ1n) is 7.64. The third-order valence-electron chi connectivity index (χ3n) is 3.94. The lowest BCUT2D eigenvalue weighted by Gasteiger charge is -2.23. The van der Waals surface area contributed by atoms with E-state index < -0.39 is 0 Å². The van der Waals surface area contributed by atoms with E-state index in [2.05, 4.69) is 27.7 Å². The molecule has 0 aliphatic rings. The number of nitrogens with zero attached hydrogens (tertiary/aromatic N) is 1. The molecule has 24 heavy (non-hydrogen) atoms. The number of nitrogens with one attached hydrogen (secondary N) is 1. The van der Waals surface area contributed by atoms with E-state index in [1.807, 2.05) is 39.2 Å². The molecule has 0 aliphatic carbocycles. The van der Waals surface area contributed by atoms with Gasteiger partial charge >= 0.3 is 0 Å². The Bertz CT molecular complexity index is 855. The normalized spacial score (nSPS) is 12.7. The van der Waals surface area contributed by atoms with Crippen LogP contribution in [0.3, 0.4) is 0 Å². The number of rotatable bonds is 5. The van der Waals surface area contributed by atoms with Crippen molar-refractivity contribution in [2.24, 2.45) is 0 Å². The highest BCUT2D eigenvalue weighted by atomic mass is 35.5. The van der Waals surface area contributed by atoms with Gasteiger partial charge in [0.25, 0.3) is 5.91 Å². The highest BCUT2D eigenvalue weighted by Crippen LogP contribution is 2.35. The molecular formula is C18H19ClN2OS2. The Kier molecular flexibility index (Phi) is 5.25. The Hall–Kier alpha value is -1.40. The van der Waals surface area contributed by atoms with Crippen molar-refractivity contribution in [3.63, 3.8) is 0 Å².